The van der Waals surface area contributed by atoms with E-state index in [4.69, 9.17) is 9.47 Å². The van der Waals surface area contributed by atoms with Crippen molar-refractivity contribution < 1.29 is 18.7 Å². The van der Waals surface area contributed by atoms with Gasteiger partial charge in [-0.1, -0.05) is 6.07 Å². The van der Waals surface area contributed by atoms with Crippen LogP contribution in [0.15, 0.2) is 34.8 Å². The van der Waals surface area contributed by atoms with Crippen LogP contribution < -0.4 is 14.8 Å². The standard InChI is InChI=1S/C16H15BrFNO3/c1-9-4-5-11(18)8-13(9)19-16(20)10-6-12(17)15(22-3)14(7-10)21-2/h4-8H,1-3H3,(H,19,20). The summed E-state index contributed by atoms with van der Waals surface area (Å²) in [6, 6.07) is 7.41. The molecule has 0 atom stereocenters. The Morgan fingerprint density at radius 3 is 2.55 bits per heavy atom. The first-order valence-corrected chi connectivity index (χ1v) is 7.24. The fourth-order valence-electron chi connectivity index (χ4n) is 1.97. The normalized spacial score (nSPS) is 10.2. The zero-order chi connectivity index (χ0) is 16.3. The van der Waals surface area contributed by atoms with Gasteiger partial charge in [0.15, 0.2) is 11.5 Å². The van der Waals surface area contributed by atoms with E-state index in [9.17, 15) is 9.18 Å². The maximum absolute atomic E-state index is 13.3. The molecule has 6 heteroatoms. The average molecular weight is 368 g/mol. The summed E-state index contributed by atoms with van der Waals surface area (Å²) in [7, 11) is 3.00. The Hall–Kier alpha value is -2.08. The topological polar surface area (TPSA) is 47.6 Å². The van der Waals surface area contributed by atoms with Crippen molar-refractivity contribution in [3.63, 3.8) is 0 Å². The monoisotopic (exact) mass is 367 g/mol. The Labute approximate surface area is 136 Å². The Kier molecular flexibility index (Phi) is 5.03. The van der Waals surface area contributed by atoms with E-state index in [-0.39, 0.29) is 5.91 Å². The molecule has 2 aromatic carbocycles. The molecular formula is C16H15BrFNO3. The van der Waals surface area contributed by atoms with Crippen LogP contribution in [0.25, 0.3) is 0 Å². The number of carbonyl (C=O) groups excluding carboxylic acids is 1. The molecule has 4 nitrogen and oxygen atoms in total. The van der Waals surface area contributed by atoms with E-state index in [1.807, 2.05) is 0 Å². The molecule has 0 fully saturated rings. The van der Waals surface area contributed by atoms with E-state index in [0.717, 1.165) is 5.56 Å². The maximum Gasteiger partial charge on any atom is 0.255 e. The number of aryl methyl sites for hydroxylation is 1. The summed E-state index contributed by atoms with van der Waals surface area (Å²) in [5.41, 5.74) is 1.57. The van der Waals surface area contributed by atoms with Gasteiger partial charge in [0, 0.05) is 11.3 Å². The lowest BCUT2D eigenvalue weighted by molar-refractivity contribution is 0.102. The van der Waals surface area contributed by atoms with Gasteiger partial charge in [0.2, 0.25) is 0 Å². The van der Waals surface area contributed by atoms with Crippen LogP contribution in [0.2, 0.25) is 0 Å². The number of hydrogen-bond acceptors (Lipinski definition) is 3. The second-order valence-electron chi connectivity index (χ2n) is 4.61. The Morgan fingerprint density at radius 2 is 1.91 bits per heavy atom. The van der Waals surface area contributed by atoms with Gasteiger partial charge in [-0.3, -0.25) is 4.79 Å². The molecule has 2 aromatic rings. The summed E-state index contributed by atoms with van der Waals surface area (Å²) >= 11 is 3.33. The molecule has 0 saturated heterocycles. The molecule has 0 aliphatic heterocycles. The van der Waals surface area contributed by atoms with Crippen molar-refractivity contribution in [1.29, 1.82) is 0 Å². The number of methoxy groups -OCH3 is 2. The third kappa shape index (κ3) is 3.39. The molecule has 0 aromatic heterocycles. The van der Waals surface area contributed by atoms with Gasteiger partial charge in [0.25, 0.3) is 5.91 Å². The van der Waals surface area contributed by atoms with Crippen LogP contribution in [-0.2, 0) is 0 Å². The summed E-state index contributed by atoms with van der Waals surface area (Å²) in [4.78, 5) is 12.3. The van der Waals surface area contributed by atoms with Gasteiger partial charge in [-0.05, 0) is 52.7 Å². The minimum atomic E-state index is -0.408. The van der Waals surface area contributed by atoms with E-state index in [1.54, 1.807) is 25.1 Å². The third-order valence-corrected chi connectivity index (χ3v) is 3.73. The first kappa shape index (κ1) is 16.3. The van der Waals surface area contributed by atoms with Crippen LogP contribution in [0.1, 0.15) is 15.9 Å². The maximum atomic E-state index is 13.3. The molecular weight excluding hydrogens is 353 g/mol. The van der Waals surface area contributed by atoms with Crippen molar-refractivity contribution in [2.24, 2.45) is 0 Å². The average Bonchev–Trinajstić information content (AvgIpc) is 2.49. The van der Waals surface area contributed by atoms with Crippen molar-refractivity contribution in [3.8, 4) is 11.5 Å². The summed E-state index contributed by atoms with van der Waals surface area (Å²) in [5, 5.41) is 2.69. The highest BCUT2D eigenvalue weighted by molar-refractivity contribution is 9.10. The zero-order valence-corrected chi connectivity index (χ0v) is 14.0. The zero-order valence-electron chi connectivity index (χ0n) is 12.4. The molecule has 22 heavy (non-hydrogen) atoms. The van der Waals surface area contributed by atoms with Gasteiger partial charge in [-0.25, -0.2) is 4.39 Å². The number of hydrogen-bond donors (Lipinski definition) is 1. The lowest BCUT2D eigenvalue weighted by Gasteiger charge is -2.13. The highest BCUT2D eigenvalue weighted by atomic mass is 79.9. The molecule has 0 saturated carbocycles. The van der Waals surface area contributed by atoms with Crippen molar-refractivity contribution >= 4 is 27.5 Å². The van der Waals surface area contributed by atoms with E-state index in [1.165, 1.54) is 26.4 Å². The molecule has 116 valence electrons. The molecule has 2 rings (SSSR count). The number of ether oxygens (including phenoxy) is 2. The number of carbonyl (C=O) groups is 1. The van der Waals surface area contributed by atoms with Crippen LogP contribution in [0.5, 0.6) is 11.5 Å². The second kappa shape index (κ2) is 6.79. The van der Waals surface area contributed by atoms with Gasteiger partial charge < -0.3 is 14.8 Å². The van der Waals surface area contributed by atoms with Gasteiger partial charge in [-0.2, -0.15) is 0 Å². The Morgan fingerprint density at radius 1 is 1.18 bits per heavy atom. The summed E-state index contributed by atoms with van der Waals surface area (Å²) in [6.07, 6.45) is 0. The van der Waals surface area contributed by atoms with Crippen molar-refractivity contribution in [2.45, 2.75) is 6.92 Å². The van der Waals surface area contributed by atoms with E-state index in [2.05, 4.69) is 21.2 Å². The number of halogens is 2. The fraction of sp³-hybridized carbons (Fsp3) is 0.188. The predicted octanol–water partition coefficient (Wildman–Crippen LogP) is 4.17. The number of amides is 1. The van der Waals surface area contributed by atoms with Gasteiger partial charge in [0.05, 0.1) is 18.7 Å². The quantitative estimate of drug-likeness (QED) is 0.882. The third-order valence-electron chi connectivity index (χ3n) is 3.14. The fourth-order valence-corrected chi connectivity index (χ4v) is 2.58. The van der Waals surface area contributed by atoms with Crippen LogP contribution in [0.4, 0.5) is 10.1 Å². The van der Waals surface area contributed by atoms with Crippen LogP contribution in [-0.4, -0.2) is 20.1 Å². The summed E-state index contributed by atoms with van der Waals surface area (Å²) < 4.78 is 24.3. The SMILES string of the molecule is COc1cc(C(=O)Nc2cc(F)ccc2C)cc(Br)c1OC. The first-order valence-electron chi connectivity index (χ1n) is 6.45. The predicted molar refractivity (Wildman–Crippen MR) is 86.3 cm³/mol. The smallest absolute Gasteiger partial charge is 0.255 e. The molecule has 0 aliphatic carbocycles. The van der Waals surface area contributed by atoms with Crippen molar-refractivity contribution in [1.82, 2.24) is 0 Å². The highest BCUT2D eigenvalue weighted by Crippen LogP contribution is 2.36. The molecule has 0 bridgehead atoms. The molecule has 0 spiro atoms. The van der Waals surface area contributed by atoms with Crippen LogP contribution in [0.3, 0.4) is 0 Å². The van der Waals surface area contributed by atoms with E-state index < -0.39 is 5.82 Å². The number of benzene rings is 2. The molecule has 0 aliphatic rings. The van der Waals surface area contributed by atoms with Gasteiger partial charge >= 0.3 is 0 Å². The lowest BCUT2D eigenvalue weighted by atomic mass is 10.1. The van der Waals surface area contributed by atoms with Crippen LogP contribution in [0, 0.1) is 12.7 Å². The highest BCUT2D eigenvalue weighted by Gasteiger charge is 2.15. The van der Waals surface area contributed by atoms with Gasteiger partial charge in [0.1, 0.15) is 5.82 Å². The van der Waals surface area contributed by atoms with E-state index in [0.29, 0.717) is 27.2 Å². The number of rotatable bonds is 4. The van der Waals surface area contributed by atoms with Crippen LogP contribution >= 0.6 is 15.9 Å². The minimum Gasteiger partial charge on any atom is -0.493 e. The Bertz CT molecular complexity index is 719. The second-order valence-corrected chi connectivity index (χ2v) is 5.46. The molecule has 0 heterocycles. The number of nitrogens with one attached hydrogen (secondary N) is 1. The minimum absolute atomic E-state index is 0.365. The molecule has 1 amide bonds. The number of anilines is 1. The van der Waals surface area contributed by atoms with Crippen molar-refractivity contribution in [2.75, 3.05) is 19.5 Å². The lowest BCUT2D eigenvalue weighted by Crippen LogP contribution is -2.13. The Balaban J connectivity index is 2.34. The summed E-state index contributed by atoms with van der Waals surface area (Å²) in [5.74, 6) is 0.156. The summed E-state index contributed by atoms with van der Waals surface area (Å²) in [6.45, 7) is 1.79. The van der Waals surface area contributed by atoms with E-state index >= 15 is 0 Å². The first-order chi connectivity index (χ1) is 10.5. The van der Waals surface area contributed by atoms with Gasteiger partial charge in [-0.15, -0.1) is 0 Å². The molecule has 0 unspecified atom stereocenters. The largest absolute Gasteiger partial charge is 0.493 e. The van der Waals surface area contributed by atoms with Crippen molar-refractivity contribution in [3.05, 3.63) is 51.7 Å². The molecule has 0 radical (unpaired) electrons. The molecule has 1 N–H and O–H groups in total.